The van der Waals surface area contributed by atoms with Crippen molar-refractivity contribution in [1.29, 1.82) is 0 Å². The van der Waals surface area contributed by atoms with Gasteiger partial charge in [-0.3, -0.25) is 0 Å². The fraction of sp³-hybridized carbons (Fsp3) is 0. The third kappa shape index (κ3) is 50.2. The monoisotopic (exact) mass is 287 g/mol. The fourth-order valence-electron chi connectivity index (χ4n) is 0. The Morgan fingerprint density at radius 3 is 0.600 bits per heavy atom. The van der Waals surface area contributed by atoms with Crippen LogP contribution in [-0.4, -0.2) is 16.4 Å². The number of rotatable bonds is 0. The first-order valence-electron chi connectivity index (χ1n) is 0. The Labute approximate surface area is 51.6 Å². The van der Waals surface area contributed by atoms with Gasteiger partial charge in [-0.2, -0.15) is 0 Å². The standard InChI is InChI=1S/Au.ClH.3H2O/h;1H;3*1H2. The van der Waals surface area contributed by atoms with Crippen LogP contribution in [0.3, 0.4) is 0 Å². The Morgan fingerprint density at radius 2 is 0.600 bits per heavy atom. The normalized spacial score (nSPS) is 0. The van der Waals surface area contributed by atoms with Crippen LogP contribution in [0.25, 0.3) is 0 Å². The number of halogens is 1. The van der Waals surface area contributed by atoms with Crippen LogP contribution in [0.2, 0.25) is 0 Å². The van der Waals surface area contributed by atoms with E-state index in [1.54, 1.807) is 0 Å². The van der Waals surface area contributed by atoms with Crippen molar-refractivity contribution >= 4 is 12.4 Å². The molecule has 0 rings (SSSR count). The molecule has 0 aromatic heterocycles. The molecule has 0 aromatic carbocycles. The predicted octanol–water partition coefficient (Wildman–Crippen LogP) is -2.05. The summed E-state index contributed by atoms with van der Waals surface area (Å²) in [5, 5.41) is 0. The second-order valence-corrected chi connectivity index (χ2v) is 0. The van der Waals surface area contributed by atoms with Crippen molar-refractivity contribution < 1.29 is 38.8 Å². The molecule has 0 fully saturated rings. The van der Waals surface area contributed by atoms with Crippen LogP contribution in [0, 0.1) is 0 Å². The minimum atomic E-state index is 0. The molecule has 0 aromatic rings. The second-order valence-electron chi connectivity index (χ2n) is 0. The van der Waals surface area contributed by atoms with Gasteiger partial charge in [0.05, 0.1) is 0 Å². The van der Waals surface area contributed by atoms with Gasteiger partial charge in [-0.05, 0) is 0 Å². The van der Waals surface area contributed by atoms with Crippen molar-refractivity contribution in [2.45, 2.75) is 0 Å². The first-order valence-corrected chi connectivity index (χ1v) is 0. The summed E-state index contributed by atoms with van der Waals surface area (Å²) in [5.41, 5.74) is 0. The van der Waals surface area contributed by atoms with Crippen molar-refractivity contribution in [2.24, 2.45) is 0 Å². The Kier molecular flexibility index (Phi) is 3120. The molecule has 5 heteroatoms. The second kappa shape index (κ2) is 90.6. The van der Waals surface area contributed by atoms with Crippen molar-refractivity contribution in [3.8, 4) is 0 Å². The van der Waals surface area contributed by atoms with E-state index in [-0.39, 0.29) is 51.2 Å². The molecule has 5 heavy (non-hydrogen) atoms. The molecule has 0 heterocycles. The van der Waals surface area contributed by atoms with Crippen LogP contribution in [0.15, 0.2) is 0 Å². The molecule has 0 bridgehead atoms. The minimum Gasteiger partial charge on any atom is -0.412 e. The van der Waals surface area contributed by atoms with Gasteiger partial charge in [-0.25, -0.2) is 0 Å². The van der Waals surface area contributed by atoms with Gasteiger partial charge in [0.1, 0.15) is 0 Å². The van der Waals surface area contributed by atoms with Gasteiger partial charge in [0.25, 0.3) is 0 Å². The maximum atomic E-state index is 0. The summed E-state index contributed by atoms with van der Waals surface area (Å²) in [5.74, 6) is 0. The topological polar surface area (TPSA) is 94.5 Å². The van der Waals surface area contributed by atoms with Gasteiger partial charge < -0.3 is 16.4 Å². The molecule has 0 saturated heterocycles. The van der Waals surface area contributed by atoms with E-state index in [2.05, 4.69) is 0 Å². The molecule has 0 aliphatic heterocycles. The SMILES string of the molecule is Cl.O.O.O.[Au]. The molecule has 0 saturated carbocycles. The van der Waals surface area contributed by atoms with E-state index >= 15 is 0 Å². The largest absolute Gasteiger partial charge is 0.412 e. The van der Waals surface area contributed by atoms with Crippen molar-refractivity contribution in [2.75, 3.05) is 0 Å². The van der Waals surface area contributed by atoms with Crippen molar-refractivity contribution in [1.82, 2.24) is 0 Å². The van der Waals surface area contributed by atoms with E-state index in [0.717, 1.165) is 0 Å². The van der Waals surface area contributed by atoms with Gasteiger partial charge in [-0.1, -0.05) is 0 Å². The molecule has 1 radical (unpaired) electrons. The summed E-state index contributed by atoms with van der Waals surface area (Å²) in [4.78, 5) is 0. The van der Waals surface area contributed by atoms with Crippen molar-refractivity contribution in [3.63, 3.8) is 0 Å². The van der Waals surface area contributed by atoms with Crippen LogP contribution in [0.1, 0.15) is 0 Å². The van der Waals surface area contributed by atoms with Crippen LogP contribution in [0.5, 0.6) is 0 Å². The molecular weight excluding hydrogens is 280 g/mol. The summed E-state index contributed by atoms with van der Waals surface area (Å²) in [6, 6.07) is 0. The Bertz CT molecular complexity index is 6.85. The maximum Gasteiger partial charge on any atom is 0 e. The third-order valence-electron chi connectivity index (χ3n) is 0. The quantitative estimate of drug-likeness (QED) is 0.458. The summed E-state index contributed by atoms with van der Waals surface area (Å²) < 4.78 is 0. The Morgan fingerprint density at radius 1 is 0.600 bits per heavy atom. The average molecular weight is 287 g/mol. The van der Waals surface area contributed by atoms with Crippen molar-refractivity contribution in [3.05, 3.63) is 0 Å². The van der Waals surface area contributed by atoms with Gasteiger partial charge >= 0.3 is 0 Å². The van der Waals surface area contributed by atoms with Crippen LogP contribution < -0.4 is 0 Å². The van der Waals surface area contributed by atoms with Gasteiger partial charge in [0, 0.05) is 22.4 Å². The van der Waals surface area contributed by atoms with Gasteiger partial charge in [0.2, 0.25) is 0 Å². The van der Waals surface area contributed by atoms with E-state index in [1.807, 2.05) is 0 Å². The molecule has 0 unspecified atom stereocenters. The molecular formula is H7AuClO3. The van der Waals surface area contributed by atoms with Crippen LogP contribution >= 0.6 is 12.4 Å². The van der Waals surface area contributed by atoms with E-state index in [4.69, 9.17) is 0 Å². The molecule has 0 atom stereocenters. The summed E-state index contributed by atoms with van der Waals surface area (Å²) in [7, 11) is 0. The molecule has 0 amide bonds. The summed E-state index contributed by atoms with van der Waals surface area (Å²) in [6.07, 6.45) is 0. The van der Waals surface area contributed by atoms with E-state index in [0.29, 0.717) is 0 Å². The molecule has 0 aliphatic rings. The summed E-state index contributed by atoms with van der Waals surface area (Å²) in [6.45, 7) is 0. The fourth-order valence-corrected chi connectivity index (χ4v) is 0. The first-order chi connectivity index (χ1) is 0. The first kappa shape index (κ1) is 172. The van der Waals surface area contributed by atoms with Gasteiger partial charge in [-0.15, -0.1) is 12.4 Å². The van der Waals surface area contributed by atoms with E-state index in [9.17, 15) is 0 Å². The zero-order chi connectivity index (χ0) is 0. The van der Waals surface area contributed by atoms with Crippen LogP contribution in [-0.2, 0) is 22.4 Å². The van der Waals surface area contributed by atoms with E-state index in [1.165, 1.54) is 0 Å². The minimum absolute atomic E-state index is 0. The van der Waals surface area contributed by atoms with E-state index < -0.39 is 0 Å². The average Bonchev–Trinajstić information content (AvgIpc) is 0. The molecule has 3 nitrogen and oxygen atoms in total. The number of hydrogen-bond donors (Lipinski definition) is 0. The zero-order valence-corrected chi connectivity index (χ0v) is 5.19. The maximum absolute atomic E-state index is 0. The smallest absolute Gasteiger partial charge is 0 e. The zero-order valence-electron chi connectivity index (χ0n) is 2.21. The van der Waals surface area contributed by atoms with Crippen LogP contribution in [0.4, 0.5) is 0 Å². The molecule has 6 N–H and O–H groups in total. The molecule has 43 valence electrons. The Hall–Kier alpha value is 0.910. The molecule has 0 aliphatic carbocycles. The summed E-state index contributed by atoms with van der Waals surface area (Å²) >= 11 is 0. The van der Waals surface area contributed by atoms with Gasteiger partial charge in [0.15, 0.2) is 0 Å². The molecule has 0 spiro atoms. The Balaban J connectivity index is 0. The predicted molar refractivity (Wildman–Crippen MR) is 18.1 cm³/mol. The third-order valence-corrected chi connectivity index (χ3v) is 0. The number of hydrogen-bond acceptors (Lipinski definition) is 0.